The molecule has 0 unspecified atom stereocenters. The quantitative estimate of drug-likeness (QED) is 0.710. The number of hydrogen-bond donors (Lipinski definition) is 3. The Morgan fingerprint density at radius 1 is 1.38 bits per heavy atom. The number of phenols is 1. The molecule has 2 aromatic rings. The first-order valence-electron chi connectivity index (χ1n) is 6.11. The molecule has 0 bridgehead atoms. The van der Waals surface area contributed by atoms with Gasteiger partial charge in [0.2, 0.25) is 11.8 Å². The van der Waals surface area contributed by atoms with E-state index in [9.17, 15) is 14.7 Å². The van der Waals surface area contributed by atoms with Crippen molar-refractivity contribution in [1.29, 1.82) is 0 Å². The second-order valence-electron chi connectivity index (χ2n) is 4.32. The molecule has 0 aliphatic carbocycles. The van der Waals surface area contributed by atoms with E-state index in [4.69, 9.17) is 9.63 Å². The number of nitrogens with one attached hydrogen (secondary N) is 1. The second-order valence-corrected chi connectivity index (χ2v) is 4.32. The highest BCUT2D eigenvalue weighted by Crippen LogP contribution is 2.24. The van der Waals surface area contributed by atoms with Crippen LogP contribution in [-0.4, -0.2) is 32.2 Å². The minimum absolute atomic E-state index is 0.0631. The summed E-state index contributed by atoms with van der Waals surface area (Å²) in [6, 6.07) is 3.69. The Labute approximate surface area is 119 Å². The molecule has 8 heteroatoms. The maximum absolute atomic E-state index is 11.7. The number of rotatable bonds is 5. The normalized spacial score (nSPS) is 10.3. The molecule has 2 rings (SSSR count). The third-order valence-corrected chi connectivity index (χ3v) is 2.65. The molecule has 0 fully saturated rings. The summed E-state index contributed by atoms with van der Waals surface area (Å²) in [6.07, 6.45) is 0.377. The van der Waals surface area contributed by atoms with E-state index in [-0.39, 0.29) is 35.7 Å². The predicted molar refractivity (Wildman–Crippen MR) is 71.1 cm³/mol. The lowest BCUT2D eigenvalue weighted by atomic mass is 10.2. The monoisotopic (exact) mass is 291 g/mol. The van der Waals surface area contributed by atoms with E-state index in [0.29, 0.717) is 11.7 Å². The fourth-order valence-electron chi connectivity index (χ4n) is 1.65. The summed E-state index contributed by atoms with van der Waals surface area (Å²) in [5, 5.41) is 24.5. The van der Waals surface area contributed by atoms with Crippen molar-refractivity contribution in [2.24, 2.45) is 0 Å². The van der Waals surface area contributed by atoms with Crippen LogP contribution in [0.15, 0.2) is 22.7 Å². The first-order valence-corrected chi connectivity index (χ1v) is 6.11. The summed E-state index contributed by atoms with van der Waals surface area (Å²) in [4.78, 5) is 26.4. The van der Waals surface area contributed by atoms with Crippen molar-refractivity contribution in [3.63, 3.8) is 0 Å². The molecule has 1 heterocycles. The number of carbonyl (C=O) groups excluding carboxylic acids is 1. The molecular weight excluding hydrogens is 278 g/mol. The lowest BCUT2D eigenvalue weighted by Gasteiger charge is -2.07. The number of aryl methyl sites for hydroxylation is 2. The van der Waals surface area contributed by atoms with Crippen molar-refractivity contribution in [3.8, 4) is 5.75 Å². The first-order chi connectivity index (χ1) is 9.95. The van der Waals surface area contributed by atoms with Crippen LogP contribution in [0.5, 0.6) is 5.75 Å². The largest absolute Gasteiger partial charge is 0.506 e. The van der Waals surface area contributed by atoms with Crippen LogP contribution in [0.2, 0.25) is 0 Å². The van der Waals surface area contributed by atoms with Gasteiger partial charge in [0.25, 0.3) is 0 Å². The minimum Gasteiger partial charge on any atom is -0.506 e. The van der Waals surface area contributed by atoms with E-state index < -0.39 is 5.97 Å². The molecule has 0 spiro atoms. The lowest BCUT2D eigenvalue weighted by molar-refractivity contribution is -0.116. The Balaban J connectivity index is 1.94. The Morgan fingerprint density at radius 3 is 2.71 bits per heavy atom. The Kier molecular flexibility index (Phi) is 4.17. The lowest BCUT2D eigenvalue weighted by Crippen LogP contribution is -2.12. The smallest absolute Gasteiger partial charge is 0.335 e. The topological polar surface area (TPSA) is 126 Å². The number of aromatic hydroxyl groups is 1. The van der Waals surface area contributed by atoms with Gasteiger partial charge in [0, 0.05) is 12.8 Å². The molecule has 0 radical (unpaired) electrons. The van der Waals surface area contributed by atoms with Gasteiger partial charge >= 0.3 is 5.97 Å². The number of carboxylic acids is 1. The maximum atomic E-state index is 11.7. The van der Waals surface area contributed by atoms with Crippen molar-refractivity contribution in [3.05, 3.63) is 35.5 Å². The van der Waals surface area contributed by atoms with Gasteiger partial charge in [0.1, 0.15) is 5.75 Å². The molecule has 0 saturated heterocycles. The minimum atomic E-state index is -1.16. The van der Waals surface area contributed by atoms with Crippen molar-refractivity contribution >= 4 is 17.6 Å². The summed E-state index contributed by atoms with van der Waals surface area (Å²) in [6.45, 7) is 1.68. The highest BCUT2D eigenvalue weighted by Gasteiger charge is 2.11. The van der Waals surface area contributed by atoms with Crippen molar-refractivity contribution in [2.75, 3.05) is 5.32 Å². The highest BCUT2D eigenvalue weighted by molar-refractivity contribution is 5.94. The van der Waals surface area contributed by atoms with Gasteiger partial charge in [-0.05, 0) is 25.1 Å². The highest BCUT2D eigenvalue weighted by atomic mass is 16.5. The van der Waals surface area contributed by atoms with Gasteiger partial charge in [0.15, 0.2) is 5.82 Å². The number of aromatic carboxylic acids is 1. The van der Waals surface area contributed by atoms with Gasteiger partial charge in [-0.1, -0.05) is 5.16 Å². The molecule has 1 aromatic carbocycles. The molecule has 3 N–H and O–H groups in total. The average molecular weight is 291 g/mol. The molecule has 1 amide bonds. The van der Waals surface area contributed by atoms with Crippen molar-refractivity contribution in [1.82, 2.24) is 10.1 Å². The third-order valence-electron chi connectivity index (χ3n) is 2.65. The number of benzene rings is 1. The summed E-state index contributed by atoms with van der Waals surface area (Å²) >= 11 is 0. The molecule has 0 aliphatic rings. The van der Waals surface area contributed by atoms with Gasteiger partial charge in [-0.3, -0.25) is 4.79 Å². The number of phenolic OH excluding ortho intramolecular Hbond substituents is 1. The number of carboxylic acid groups (broad SMARTS) is 1. The summed E-state index contributed by atoms with van der Waals surface area (Å²) < 4.78 is 4.87. The van der Waals surface area contributed by atoms with Crippen LogP contribution in [0.25, 0.3) is 0 Å². The molecule has 21 heavy (non-hydrogen) atoms. The third kappa shape index (κ3) is 3.78. The molecule has 0 atom stereocenters. The van der Waals surface area contributed by atoms with E-state index in [2.05, 4.69) is 15.5 Å². The number of aromatic nitrogens is 2. The Bertz CT molecular complexity index is 680. The van der Waals surface area contributed by atoms with Crippen LogP contribution in [0.3, 0.4) is 0 Å². The number of anilines is 1. The van der Waals surface area contributed by atoms with Crippen LogP contribution in [0.4, 0.5) is 5.69 Å². The molecule has 0 saturated carbocycles. The maximum Gasteiger partial charge on any atom is 0.335 e. The Morgan fingerprint density at radius 2 is 2.14 bits per heavy atom. The average Bonchev–Trinajstić information content (AvgIpc) is 2.84. The van der Waals surface area contributed by atoms with Crippen LogP contribution >= 0.6 is 0 Å². The Hall–Kier alpha value is -2.90. The van der Waals surface area contributed by atoms with Gasteiger partial charge in [-0.2, -0.15) is 4.98 Å². The summed E-state index contributed by atoms with van der Waals surface area (Å²) in [5.41, 5.74) is 0.0820. The van der Waals surface area contributed by atoms with Gasteiger partial charge in [0.05, 0.1) is 11.3 Å². The zero-order valence-electron chi connectivity index (χ0n) is 11.2. The van der Waals surface area contributed by atoms with E-state index in [1.165, 1.54) is 12.1 Å². The molecule has 0 aliphatic heterocycles. The zero-order chi connectivity index (χ0) is 15.4. The van der Waals surface area contributed by atoms with Crippen molar-refractivity contribution < 1.29 is 24.3 Å². The van der Waals surface area contributed by atoms with E-state index in [1.807, 2.05) is 0 Å². The number of nitrogens with zero attached hydrogens (tertiary/aromatic N) is 2. The van der Waals surface area contributed by atoms with E-state index in [1.54, 1.807) is 6.92 Å². The van der Waals surface area contributed by atoms with Crippen molar-refractivity contribution in [2.45, 2.75) is 19.8 Å². The molecule has 110 valence electrons. The summed E-state index contributed by atoms with van der Waals surface area (Å²) in [5.74, 6) is -0.975. The fourth-order valence-corrected chi connectivity index (χ4v) is 1.65. The SMILES string of the molecule is Cc1noc(CCC(=O)Nc2ccc(C(=O)O)cc2O)n1. The van der Waals surface area contributed by atoms with Crippen LogP contribution in [0.1, 0.15) is 28.5 Å². The molecule has 1 aromatic heterocycles. The zero-order valence-corrected chi connectivity index (χ0v) is 11.2. The number of carbonyl (C=O) groups is 2. The van der Waals surface area contributed by atoms with Crippen LogP contribution < -0.4 is 5.32 Å². The second kappa shape index (κ2) is 6.04. The molecule has 8 nitrogen and oxygen atoms in total. The first kappa shape index (κ1) is 14.5. The van der Waals surface area contributed by atoms with Gasteiger partial charge in [-0.15, -0.1) is 0 Å². The fraction of sp³-hybridized carbons (Fsp3) is 0.231. The number of amides is 1. The predicted octanol–water partition coefficient (Wildman–Crippen LogP) is 1.35. The van der Waals surface area contributed by atoms with E-state index >= 15 is 0 Å². The summed E-state index contributed by atoms with van der Waals surface area (Å²) in [7, 11) is 0. The van der Waals surface area contributed by atoms with E-state index in [0.717, 1.165) is 6.07 Å². The molecular formula is C13H13N3O5. The van der Waals surface area contributed by atoms with Gasteiger partial charge < -0.3 is 20.1 Å². The van der Waals surface area contributed by atoms with Crippen LogP contribution in [-0.2, 0) is 11.2 Å². The number of hydrogen-bond acceptors (Lipinski definition) is 6. The van der Waals surface area contributed by atoms with Crippen LogP contribution in [0, 0.1) is 6.92 Å². The standard InChI is InChI=1S/C13H13N3O5/c1-7-14-12(21-16-7)5-4-11(18)15-9-3-2-8(13(19)20)6-10(9)17/h2-3,6,17H,4-5H2,1H3,(H,15,18)(H,19,20). The van der Waals surface area contributed by atoms with Gasteiger partial charge in [-0.25, -0.2) is 4.79 Å².